The van der Waals surface area contributed by atoms with Crippen LogP contribution in [-0.4, -0.2) is 64.8 Å². The number of nitrogens with one attached hydrogen (secondary N) is 3. The molecule has 1 aliphatic heterocycles. The van der Waals surface area contributed by atoms with E-state index in [0.29, 0.717) is 30.0 Å². The minimum absolute atomic E-state index is 0.0323. The van der Waals surface area contributed by atoms with E-state index in [1.54, 1.807) is 24.4 Å². The van der Waals surface area contributed by atoms with Gasteiger partial charge in [0.05, 0.1) is 11.1 Å². The van der Waals surface area contributed by atoms with E-state index in [1.165, 1.54) is 24.4 Å². The third-order valence-electron chi connectivity index (χ3n) is 7.51. The Morgan fingerprint density at radius 2 is 1.69 bits per heavy atom. The van der Waals surface area contributed by atoms with Gasteiger partial charge in [0.15, 0.2) is 0 Å². The van der Waals surface area contributed by atoms with Crippen molar-refractivity contribution in [1.29, 1.82) is 0 Å². The topological polar surface area (TPSA) is 93.4 Å². The molecule has 4 aromatic rings. The first-order valence-electron chi connectivity index (χ1n) is 13.8. The van der Waals surface area contributed by atoms with E-state index in [4.69, 9.17) is 0 Å². The molecule has 5 rings (SSSR count). The number of likely N-dealkylation sites (N-methyl/N-ethyl adjacent to an activating group) is 1. The molecule has 0 saturated carbocycles. The zero-order valence-electron chi connectivity index (χ0n) is 23.7. The quantitative estimate of drug-likeness (QED) is 0.252. The minimum atomic E-state index is -4.57. The second-order valence-electron chi connectivity index (χ2n) is 11.0. The molecular weight excluding hydrogens is 545 g/mol. The standard InChI is InChI=1S/C31H33F3N6O2/c1-19(2)25-7-5-21(15-27(25)38-30(42)23-14-20-8-9-35-28(20)36-17-23)29(41)37-24-6-4-22(26(16-24)31(32,33)34)18-40-12-10-39(3)11-13-40/h4-9,14-17,19H,10-13,18H2,1-3H3,(H,35,36)(H,37,41)(H,38,42). The van der Waals surface area contributed by atoms with Crippen molar-refractivity contribution in [2.24, 2.45) is 0 Å². The van der Waals surface area contributed by atoms with Crippen LogP contribution in [0.4, 0.5) is 24.5 Å². The van der Waals surface area contributed by atoms with Gasteiger partial charge in [-0.2, -0.15) is 13.2 Å². The summed E-state index contributed by atoms with van der Waals surface area (Å²) in [5, 5.41) is 6.26. The molecule has 2 aromatic carbocycles. The number of benzene rings is 2. The van der Waals surface area contributed by atoms with E-state index in [1.807, 2.05) is 31.9 Å². The van der Waals surface area contributed by atoms with Gasteiger partial charge in [-0.25, -0.2) is 4.98 Å². The zero-order chi connectivity index (χ0) is 30.0. The molecule has 1 aliphatic rings. The van der Waals surface area contributed by atoms with E-state index in [9.17, 15) is 22.8 Å². The molecule has 42 heavy (non-hydrogen) atoms. The van der Waals surface area contributed by atoms with Crippen LogP contribution in [0.5, 0.6) is 0 Å². The van der Waals surface area contributed by atoms with Crippen LogP contribution in [0.25, 0.3) is 11.0 Å². The number of hydrogen-bond acceptors (Lipinski definition) is 5. The van der Waals surface area contributed by atoms with E-state index in [-0.39, 0.29) is 29.3 Å². The third kappa shape index (κ3) is 6.63. The van der Waals surface area contributed by atoms with Crippen LogP contribution in [-0.2, 0) is 12.7 Å². The lowest BCUT2D eigenvalue weighted by atomic mass is 9.98. The van der Waals surface area contributed by atoms with Crippen LogP contribution in [0.1, 0.15) is 57.2 Å². The number of halogens is 3. The number of carbonyl (C=O) groups excluding carboxylic acids is 2. The monoisotopic (exact) mass is 578 g/mol. The largest absolute Gasteiger partial charge is 0.416 e. The van der Waals surface area contributed by atoms with Crippen molar-refractivity contribution >= 4 is 34.2 Å². The number of anilines is 2. The Balaban J connectivity index is 1.35. The number of hydrogen-bond donors (Lipinski definition) is 3. The van der Waals surface area contributed by atoms with Gasteiger partial charge in [0.25, 0.3) is 11.8 Å². The predicted molar refractivity (Wildman–Crippen MR) is 157 cm³/mol. The smallest absolute Gasteiger partial charge is 0.346 e. The number of carbonyl (C=O) groups is 2. The second-order valence-corrected chi connectivity index (χ2v) is 11.0. The molecule has 1 fully saturated rings. The van der Waals surface area contributed by atoms with Crippen LogP contribution in [0.3, 0.4) is 0 Å². The number of rotatable bonds is 7. The van der Waals surface area contributed by atoms with E-state index in [0.717, 1.165) is 30.1 Å². The van der Waals surface area contributed by atoms with Gasteiger partial charge in [0, 0.05) is 67.4 Å². The predicted octanol–water partition coefficient (Wildman–Crippen LogP) is 5.96. The fourth-order valence-electron chi connectivity index (χ4n) is 5.07. The lowest BCUT2D eigenvalue weighted by molar-refractivity contribution is -0.138. The van der Waals surface area contributed by atoms with E-state index >= 15 is 0 Å². The maximum Gasteiger partial charge on any atom is 0.416 e. The number of alkyl halides is 3. The Morgan fingerprint density at radius 1 is 0.952 bits per heavy atom. The molecule has 8 nitrogen and oxygen atoms in total. The highest BCUT2D eigenvalue weighted by atomic mass is 19.4. The number of H-pyrrole nitrogens is 1. The summed E-state index contributed by atoms with van der Waals surface area (Å²) in [5.41, 5.74) is 1.90. The number of fused-ring (bicyclic) bond motifs is 1. The highest BCUT2D eigenvalue weighted by Crippen LogP contribution is 2.35. The van der Waals surface area contributed by atoms with Crippen molar-refractivity contribution in [3.8, 4) is 0 Å². The molecule has 0 aliphatic carbocycles. The van der Waals surface area contributed by atoms with Crippen LogP contribution < -0.4 is 10.6 Å². The van der Waals surface area contributed by atoms with Gasteiger partial charge in [-0.15, -0.1) is 0 Å². The third-order valence-corrected chi connectivity index (χ3v) is 7.51. The van der Waals surface area contributed by atoms with Crippen molar-refractivity contribution in [3.05, 3.63) is 88.7 Å². The summed E-state index contributed by atoms with van der Waals surface area (Å²) in [6, 6.07) is 12.3. The fourth-order valence-corrected chi connectivity index (χ4v) is 5.07. The molecule has 2 amide bonds. The van der Waals surface area contributed by atoms with Gasteiger partial charge < -0.3 is 20.5 Å². The van der Waals surface area contributed by atoms with Crippen molar-refractivity contribution in [2.75, 3.05) is 43.9 Å². The maximum absolute atomic E-state index is 14.0. The number of aromatic amines is 1. The molecule has 220 valence electrons. The highest BCUT2D eigenvalue weighted by molar-refractivity contribution is 6.08. The van der Waals surface area contributed by atoms with E-state index < -0.39 is 23.6 Å². The second kappa shape index (κ2) is 11.9. The van der Waals surface area contributed by atoms with Gasteiger partial charge in [-0.3, -0.25) is 14.5 Å². The molecule has 3 N–H and O–H groups in total. The number of nitrogens with zero attached hydrogens (tertiary/aromatic N) is 3. The Kier molecular flexibility index (Phi) is 8.33. The number of aromatic nitrogens is 2. The summed E-state index contributed by atoms with van der Waals surface area (Å²) in [5.74, 6) is -0.947. The van der Waals surface area contributed by atoms with Crippen molar-refractivity contribution in [3.63, 3.8) is 0 Å². The molecule has 0 spiro atoms. The Bertz CT molecular complexity index is 1610. The highest BCUT2D eigenvalue weighted by Gasteiger charge is 2.34. The van der Waals surface area contributed by atoms with Gasteiger partial charge in [-0.1, -0.05) is 26.0 Å². The lowest BCUT2D eigenvalue weighted by Crippen LogP contribution is -2.44. The van der Waals surface area contributed by atoms with Crippen LogP contribution in [0, 0.1) is 0 Å². The minimum Gasteiger partial charge on any atom is -0.346 e. The van der Waals surface area contributed by atoms with Crippen molar-refractivity contribution in [1.82, 2.24) is 19.8 Å². The number of piperazine rings is 1. The normalized spacial score (nSPS) is 14.8. The summed E-state index contributed by atoms with van der Waals surface area (Å²) in [7, 11) is 1.99. The average Bonchev–Trinajstić information content (AvgIpc) is 3.42. The molecule has 1 saturated heterocycles. The zero-order valence-corrected chi connectivity index (χ0v) is 23.7. The first-order chi connectivity index (χ1) is 20.0. The van der Waals surface area contributed by atoms with Crippen LogP contribution in [0.2, 0.25) is 0 Å². The molecular formula is C31H33F3N6O2. The summed E-state index contributed by atoms with van der Waals surface area (Å²) in [6.07, 6.45) is -1.38. The van der Waals surface area contributed by atoms with Gasteiger partial charge in [-0.05, 0) is 60.5 Å². The molecule has 0 unspecified atom stereocenters. The molecule has 3 heterocycles. The van der Waals surface area contributed by atoms with Crippen molar-refractivity contribution < 1.29 is 22.8 Å². The lowest BCUT2D eigenvalue weighted by Gasteiger charge is -2.33. The van der Waals surface area contributed by atoms with Crippen molar-refractivity contribution in [2.45, 2.75) is 32.5 Å². The van der Waals surface area contributed by atoms with Gasteiger partial charge in [0.1, 0.15) is 5.65 Å². The molecule has 0 bridgehead atoms. The first-order valence-corrected chi connectivity index (χ1v) is 13.8. The molecule has 2 aromatic heterocycles. The summed E-state index contributed by atoms with van der Waals surface area (Å²) in [6.45, 7) is 7.08. The van der Waals surface area contributed by atoms with Gasteiger partial charge in [0.2, 0.25) is 0 Å². The first kappa shape index (κ1) is 29.3. The number of pyridine rings is 1. The molecule has 0 atom stereocenters. The van der Waals surface area contributed by atoms with Gasteiger partial charge >= 0.3 is 6.18 Å². The summed E-state index contributed by atoms with van der Waals surface area (Å²) >= 11 is 0. The Labute approximate surface area is 241 Å². The SMILES string of the molecule is CC(C)c1ccc(C(=O)Nc2ccc(CN3CCN(C)CC3)c(C(F)(F)F)c2)cc1NC(=O)c1cnc2[nH]ccc2c1. The Morgan fingerprint density at radius 3 is 2.40 bits per heavy atom. The Hall–Kier alpha value is -4.22. The van der Waals surface area contributed by atoms with E-state index in [2.05, 4.69) is 25.5 Å². The summed E-state index contributed by atoms with van der Waals surface area (Å²) < 4.78 is 42.1. The molecule has 11 heteroatoms. The summed E-state index contributed by atoms with van der Waals surface area (Å²) in [4.78, 5) is 37.6. The fraction of sp³-hybridized carbons (Fsp3) is 0.323. The van der Waals surface area contributed by atoms with Crippen LogP contribution in [0.15, 0.2) is 60.9 Å². The number of amides is 2. The molecule has 0 radical (unpaired) electrons. The maximum atomic E-state index is 14.0. The van der Waals surface area contributed by atoms with Crippen LogP contribution >= 0.6 is 0 Å². The average molecular weight is 579 g/mol.